The van der Waals surface area contributed by atoms with Crippen LogP contribution in [0.15, 0.2) is 29.4 Å². The van der Waals surface area contributed by atoms with Gasteiger partial charge in [0.1, 0.15) is 0 Å². The number of benzene rings is 1. The van der Waals surface area contributed by atoms with Gasteiger partial charge in [-0.25, -0.2) is 5.43 Å². The maximum Gasteiger partial charge on any atom is 0.0742 e. The van der Waals surface area contributed by atoms with Crippen molar-refractivity contribution >= 4 is 5.71 Å². The Bertz CT molecular complexity index is 466. The van der Waals surface area contributed by atoms with Gasteiger partial charge >= 0.3 is 0 Å². The first-order valence-electron chi connectivity index (χ1n) is 6.12. The number of hydrogen-bond acceptors (Lipinski definition) is 4. The van der Waals surface area contributed by atoms with Crippen molar-refractivity contribution in [1.29, 1.82) is 0 Å². The number of rotatable bonds is 1. The fourth-order valence-corrected chi connectivity index (χ4v) is 3.09. The van der Waals surface area contributed by atoms with Gasteiger partial charge < -0.3 is 5.84 Å². The Morgan fingerprint density at radius 2 is 2.00 bits per heavy atom. The molecule has 1 heterocycles. The summed E-state index contributed by atoms with van der Waals surface area (Å²) in [4.78, 5) is 0. The average Bonchev–Trinajstić information content (AvgIpc) is 2.86. The third-order valence-corrected chi connectivity index (χ3v) is 3.90. The second-order valence-electron chi connectivity index (χ2n) is 5.16. The molecule has 3 rings (SSSR count). The molecule has 2 aliphatic rings. The van der Waals surface area contributed by atoms with Crippen LogP contribution in [0, 0.1) is 11.8 Å². The van der Waals surface area contributed by atoms with Crippen molar-refractivity contribution in [2.24, 2.45) is 22.8 Å². The Balaban J connectivity index is 2.09. The highest BCUT2D eigenvalue weighted by atomic mass is 15.4. The molecule has 0 bridgehead atoms. The summed E-state index contributed by atoms with van der Waals surface area (Å²) in [6, 6.07) is 9.07. The Morgan fingerprint density at radius 3 is 2.71 bits per heavy atom. The molecule has 4 N–H and O–H groups in total. The third-order valence-electron chi connectivity index (χ3n) is 3.90. The summed E-state index contributed by atoms with van der Waals surface area (Å²) in [6.45, 7) is 4.44. The van der Waals surface area contributed by atoms with E-state index in [2.05, 4.69) is 48.0 Å². The lowest BCUT2D eigenvalue weighted by Crippen LogP contribution is -2.38. The van der Waals surface area contributed by atoms with Crippen molar-refractivity contribution in [2.45, 2.75) is 25.9 Å². The van der Waals surface area contributed by atoms with E-state index in [0.29, 0.717) is 23.9 Å². The zero-order valence-corrected chi connectivity index (χ0v) is 10.1. The summed E-state index contributed by atoms with van der Waals surface area (Å²) in [5, 5.41) is 4.04. The normalized spacial score (nSPS) is 33.1. The van der Waals surface area contributed by atoms with Gasteiger partial charge in [-0.1, -0.05) is 38.1 Å². The molecule has 0 amide bonds. The van der Waals surface area contributed by atoms with Crippen LogP contribution in [0.2, 0.25) is 0 Å². The summed E-state index contributed by atoms with van der Waals surface area (Å²) >= 11 is 0. The first-order chi connectivity index (χ1) is 8.24. The van der Waals surface area contributed by atoms with E-state index >= 15 is 0 Å². The van der Waals surface area contributed by atoms with E-state index in [1.165, 1.54) is 11.1 Å². The lowest BCUT2D eigenvalue weighted by molar-refractivity contribution is 0.402. The molecule has 1 saturated heterocycles. The third kappa shape index (κ3) is 1.41. The average molecular weight is 230 g/mol. The molecule has 3 atom stereocenters. The molecule has 90 valence electrons. The quantitative estimate of drug-likeness (QED) is 0.501. The van der Waals surface area contributed by atoms with Crippen LogP contribution in [0.5, 0.6) is 0 Å². The Hall–Kier alpha value is -1.39. The highest BCUT2D eigenvalue weighted by Gasteiger charge is 2.47. The number of hydrogen-bond donors (Lipinski definition) is 3. The summed E-state index contributed by atoms with van der Waals surface area (Å²) < 4.78 is 0. The maximum atomic E-state index is 5.60. The van der Waals surface area contributed by atoms with Crippen LogP contribution in [0.25, 0.3) is 0 Å². The molecule has 1 fully saturated rings. The van der Waals surface area contributed by atoms with Crippen molar-refractivity contribution in [1.82, 2.24) is 10.9 Å². The van der Waals surface area contributed by atoms with Crippen molar-refractivity contribution in [3.63, 3.8) is 0 Å². The van der Waals surface area contributed by atoms with Gasteiger partial charge in [0.05, 0.1) is 11.8 Å². The second-order valence-corrected chi connectivity index (χ2v) is 5.16. The Morgan fingerprint density at radius 1 is 1.24 bits per heavy atom. The molecule has 3 unspecified atom stereocenters. The molecule has 1 aromatic carbocycles. The van der Waals surface area contributed by atoms with Gasteiger partial charge in [-0.05, 0) is 11.5 Å². The molecule has 0 radical (unpaired) electrons. The molecular formula is C13H18N4. The van der Waals surface area contributed by atoms with Crippen LogP contribution in [0.4, 0.5) is 0 Å². The highest BCUT2D eigenvalue weighted by Crippen LogP contribution is 2.42. The predicted octanol–water partition coefficient (Wildman–Crippen LogP) is 1.15. The predicted molar refractivity (Wildman–Crippen MR) is 68.3 cm³/mol. The standard InChI is InChI=1S/C13H18N4/c1-7(2)11-10-12(15-14)8-5-3-4-6-9(8)13(10)17-16-11/h3-7,10-11,13,16-17H,14H2,1-2H3/b15-12+. The highest BCUT2D eigenvalue weighted by molar-refractivity contribution is 6.07. The second kappa shape index (κ2) is 3.82. The van der Waals surface area contributed by atoms with Gasteiger partial charge in [-0.2, -0.15) is 5.10 Å². The van der Waals surface area contributed by atoms with E-state index in [4.69, 9.17) is 5.84 Å². The minimum Gasteiger partial charge on any atom is -0.323 e. The van der Waals surface area contributed by atoms with Gasteiger partial charge in [0.15, 0.2) is 0 Å². The number of hydrazine groups is 1. The van der Waals surface area contributed by atoms with Crippen LogP contribution in [-0.4, -0.2) is 11.8 Å². The lowest BCUT2D eigenvalue weighted by atomic mass is 9.87. The number of hydrazone groups is 1. The molecular weight excluding hydrogens is 212 g/mol. The molecule has 4 nitrogen and oxygen atoms in total. The van der Waals surface area contributed by atoms with E-state index in [9.17, 15) is 0 Å². The van der Waals surface area contributed by atoms with E-state index in [1.807, 2.05) is 6.07 Å². The van der Waals surface area contributed by atoms with E-state index < -0.39 is 0 Å². The molecule has 1 aromatic rings. The molecule has 1 aliphatic carbocycles. The molecule has 0 spiro atoms. The van der Waals surface area contributed by atoms with Gasteiger partial charge in [-0.15, -0.1) is 0 Å². The first-order valence-corrected chi connectivity index (χ1v) is 6.12. The van der Waals surface area contributed by atoms with Crippen LogP contribution in [-0.2, 0) is 0 Å². The molecule has 17 heavy (non-hydrogen) atoms. The van der Waals surface area contributed by atoms with Crippen LogP contribution < -0.4 is 16.7 Å². The van der Waals surface area contributed by atoms with Crippen molar-refractivity contribution in [2.75, 3.05) is 0 Å². The van der Waals surface area contributed by atoms with Crippen molar-refractivity contribution in [3.05, 3.63) is 35.4 Å². The first kappa shape index (κ1) is 10.7. The minimum atomic E-state index is 0.306. The van der Waals surface area contributed by atoms with E-state index in [-0.39, 0.29) is 0 Å². The molecule has 0 saturated carbocycles. The monoisotopic (exact) mass is 230 g/mol. The number of nitrogens with two attached hydrogens (primary N) is 1. The lowest BCUT2D eigenvalue weighted by Gasteiger charge is -2.21. The topological polar surface area (TPSA) is 62.4 Å². The SMILES string of the molecule is CC(C)C1NNC2c3ccccc3/C(=N\N)C21. The van der Waals surface area contributed by atoms with Crippen molar-refractivity contribution < 1.29 is 0 Å². The molecule has 0 aromatic heterocycles. The van der Waals surface area contributed by atoms with Gasteiger partial charge in [0.2, 0.25) is 0 Å². The number of fused-ring (bicyclic) bond motifs is 3. The van der Waals surface area contributed by atoms with Crippen molar-refractivity contribution in [3.8, 4) is 0 Å². The summed E-state index contributed by atoms with van der Waals surface area (Å²) in [7, 11) is 0. The number of nitrogens with one attached hydrogen (secondary N) is 2. The minimum absolute atomic E-state index is 0.306. The summed E-state index contributed by atoms with van der Waals surface area (Å²) in [5.74, 6) is 6.49. The zero-order chi connectivity index (χ0) is 12.0. The largest absolute Gasteiger partial charge is 0.323 e. The van der Waals surface area contributed by atoms with Crippen LogP contribution in [0.1, 0.15) is 31.0 Å². The summed E-state index contributed by atoms with van der Waals surface area (Å²) in [6.07, 6.45) is 0. The zero-order valence-electron chi connectivity index (χ0n) is 10.1. The van der Waals surface area contributed by atoms with Gasteiger partial charge in [0.25, 0.3) is 0 Å². The fourth-order valence-electron chi connectivity index (χ4n) is 3.09. The van der Waals surface area contributed by atoms with Crippen LogP contribution >= 0.6 is 0 Å². The number of nitrogens with zero attached hydrogens (tertiary/aromatic N) is 1. The van der Waals surface area contributed by atoms with Gasteiger partial charge in [0, 0.05) is 17.5 Å². The Labute approximate surface area is 101 Å². The Kier molecular flexibility index (Phi) is 2.42. The van der Waals surface area contributed by atoms with Crippen LogP contribution in [0.3, 0.4) is 0 Å². The smallest absolute Gasteiger partial charge is 0.0742 e. The molecule has 1 aliphatic heterocycles. The fraction of sp³-hybridized carbons (Fsp3) is 0.462. The molecule has 4 heteroatoms. The van der Waals surface area contributed by atoms with Gasteiger partial charge in [-0.3, -0.25) is 5.43 Å². The van der Waals surface area contributed by atoms with E-state index in [1.54, 1.807) is 0 Å². The van der Waals surface area contributed by atoms with E-state index in [0.717, 1.165) is 5.71 Å². The summed E-state index contributed by atoms with van der Waals surface area (Å²) in [5.41, 5.74) is 10.3. The maximum absolute atomic E-state index is 5.60.